The van der Waals surface area contributed by atoms with E-state index in [9.17, 15) is 17.6 Å². The Morgan fingerprint density at radius 3 is 2.40 bits per heavy atom. The summed E-state index contributed by atoms with van der Waals surface area (Å²) in [4.78, 5) is 12.1. The van der Waals surface area contributed by atoms with E-state index >= 15 is 0 Å². The summed E-state index contributed by atoms with van der Waals surface area (Å²) in [6.07, 6.45) is 0. The van der Waals surface area contributed by atoms with Crippen LogP contribution in [0.5, 0.6) is 0 Å². The highest BCUT2D eigenvalue weighted by Gasteiger charge is 2.17. The molecule has 0 aliphatic heterocycles. The van der Waals surface area contributed by atoms with E-state index in [4.69, 9.17) is 16.3 Å². The second-order valence-electron chi connectivity index (χ2n) is 5.58. The van der Waals surface area contributed by atoms with Crippen LogP contribution in [0.2, 0.25) is 5.02 Å². The van der Waals surface area contributed by atoms with Crippen LogP contribution >= 0.6 is 11.6 Å². The molecule has 0 atom stereocenters. The Kier molecular flexibility index (Phi) is 6.16. The zero-order chi connectivity index (χ0) is 18.6. The standard InChI is InChI=1S/C17H17ClFNO4S/c1-11(2)20-25(22,23)13-8-6-12(7-9-13)17(21)24-10-14-15(18)4-3-5-16(14)19/h3-9,11,20H,10H2,1-2H3. The predicted octanol–water partition coefficient (Wildman–Crippen LogP) is 3.52. The molecule has 0 amide bonds. The van der Waals surface area contributed by atoms with E-state index in [-0.39, 0.29) is 33.7 Å². The molecule has 5 nitrogen and oxygen atoms in total. The van der Waals surface area contributed by atoms with Gasteiger partial charge in [-0.05, 0) is 50.2 Å². The second-order valence-corrected chi connectivity index (χ2v) is 7.70. The summed E-state index contributed by atoms with van der Waals surface area (Å²) in [5.74, 6) is -1.28. The molecular formula is C17H17ClFNO4S. The number of rotatable bonds is 6. The van der Waals surface area contributed by atoms with Crippen molar-refractivity contribution >= 4 is 27.6 Å². The van der Waals surface area contributed by atoms with Gasteiger partial charge in [-0.3, -0.25) is 0 Å². The third-order valence-electron chi connectivity index (χ3n) is 3.20. The lowest BCUT2D eigenvalue weighted by atomic mass is 10.2. The number of sulfonamides is 1. The summed E-state index contributed by atoms with van der Waals surface area (Å²) in [7, 11) is -3.64. The molecule has 0 aliphatic rings. The van der Waals surface area contributed by atoms with E-state index in [1.54, 1.807) is 13.8 Å². The van der Waals surface area contributed by atoms with E-state index in [0.717, 1.165) is 0 Å². The average Bonchev–Trinajstić information content (AvgIpc) is 2.53. The van der Waals surface area contributed by atoms with Crippen molar-refractivity contribution in [1.82, 2.24) is 4.72 Å². The number of ether oxygens (including phenoxy) is 1. The van der Waals surface area contributed by atoms with E-state index in [1.807, 2.05) is 0 Å². The Balaban J connectivity index is 2.08. The molecule has 2 aromatic carbocycles. The first-order valence-corrected chi connectivity index (χ1v) is 9.29. The molecular weight excluding hydrogens is 369 g/mol. The van der Waals surface area contributed by atoms with Crippen molar-refractivity contribution in [3.05, 3.63) is 64.4 Å². The van der Waals surface area contributed by atoms with Crippen molar-refractivity contribution in [2.45, 2.75) is 31.4 Å². The number of hydrogen-bond acceptors (Lipinski definition) is 4. The van der Waals surface area contributed by atoms with Crippen LogP contribution in [-0.2, 0) is 21.4 Å². The third-order valence-corrected chi connectivity index (χ3v) is 5.23. The lowest BCUT2D eigenvalue weighted by Gasteiger charge is -2.10. The van der Waals surface area contributed by atoms with Crippen LogP contribution in [0.25, 0.3) is 0 Å². The lowest BCUT2D eigenvalue weighted by Crippen LogP contribution is -2.30. The van der Waals surface area contributed by atoms with Crippen LogP contribution in [0.3, 0.4) is 0 Å². The largest absolute Gasteiger partial charge is 0.457 e. The molecule has 0 saturated heterocycles. The molecule has 0 bridgehead atoms. The molecule has 0 aliphatic carbocycles. The molecule has 2 rings (SSSR count). The van der Waals surface area contributed by atoms with Crippen molar-refractivity contribution in [3.8, 4) is 0 Å². The Morgan fingerprint density at radius 1 is 1.20 bits per heavy atom. The topological polar surface area (TPSA) is 72.5 Å². The predicted molar refractivity (Wildman–Crippen MR) is 92.4 cm³/mol. The van der Waals surface area contributed by atoms with Crippen LogP contribution in [0.4, 0.5) is 4.39 Å². The van der Waals surface area contributed by atoms with Crippen molar-refractivity contribution in [2.75, 3.05) is 0 Å². The molecule has 0 saturated carbocycles. The maximum atomic E-state index is 13.6. The summed E-state index contributed by atoms with van der Waals surface area (Å²) in [5, 5.41) is 0.161. The van der Waals surface area contributed by atoms with Crippen molar-refractivity contribution in [3.63, 3.8) is 0 Å². The van der Waals surface area contributed by atoms with Crippen LogP contribution < -0.4 is 4.72 Å². The van der Waals surface area contributed by atoms with Gasteiger partial charge >= 0.3 is 5.97 Å². The number of carbonyl (C=O) groups is 1. The summed E-state index contributed by atoms with van der Waals surface area (Å²) in [6, 6.07) is 9.19. The van der Waals surface area contributed by atoms with Gasteiger partial charge in [0, 0.05) is 11.6 Å². The molecule has 0 unspecified atom stereocenters. The van der Waals surface area contributed by atoms with E-state index in [2.05, 4.69) is 4.72 Å². The van der Waals surface area contributed by atoms with Crippen LogP contribution in [0, 0.1) is 5.82 Å². The molecule has 0 spiro atoms. The number of halogens is 2. The van der Waals surface area contributed by atoms with Gasteiger partial charge in [-0.1, -0.05) is 17.7 Å². The molecule has 8 heteroatoms. The third kappa shape index (κ3) is 5.01. The van der Waals surface area contributed by atoms with Gasteiger partial charge in [-0.15, -0.1) is 0 Å². The van der Waals surface area contributed by atoms with Crippen molar-refractivity contribution in [2.24, 2.45) is 0 Å². The number of esters is 1. The van der Waals surface area contributed by atoms with Crippen LogP contribution in [-0.4, -0.2) is 20.4 Å². The fourth-order valence-electron chi connectivity index (χ4n) is 2.04. The molecule has 0 heterocycles. The van der Waals surface area contributed by atoms with Gasteiger partial charge in [0.25, 0.3) is 0 Å². The van der Waals surface area contributed by atoms with Crippen LogP contribution in [0.1, 0.15) is 29.8 Å². The molecule has 0 fully saturated rings. The first-order chi connectivity index (χ1) is 11.7. The first kappa shape index (κ1) is 19.4. The minimum Gasteiger partial charge on any atom is -0.457 e. The van der Waals surface area contributed by atoms with Crippen LogP contribution in [0.15, 0.2) is 47.4 Å². The monoisotopic (exact) mass is 385 g/mol. The number of carbonyl (C=O) groups excluding carboxylic acids is 1. The Bertz CT molecular complexity index is 846. The maximum Gasteiger partial charge on any atom is 0.338 e. The molecule has 0 radical (unpaired) electrons. The fourth-order valence-corrected chi connectivity index (χ4v) is 3.51. The number of hydrogen-bond donors (Lipinski definition) is 1. The van der Waals surface area contributed by atoms with Gasteiger partial charge in [0.15, 0.2) is 0 Å². The van der Waals surface area contributed by atoms with Gasteiger partial charge in [0.2, 0.25) is 10.0 Å². The smallest absolute Gasteiger partial charge is 0.338 e. The minimum atomic E-state index is -3.64. The van der Waals surface area contributed by atoms with E-state index in [1.165, 1.54) is 42.5 Å². The number of nitrogens with one attached hydrogen (secondary N) is 1. The highest BCUT2D eigenvalue weighted by atomic mass is 35.5. The molecule has 0 aromatic heterocycles. The van der Waals surface area contributed by atoms with Gasteiger partial charge in [0.05, 0.1) is 15.5 Å². The Morgan fingerprint density at radius 2 is 1.84 bits per heavy atom. The Labute approximate surface area is 150 Å². The highest BCUT2D eigenvalue weighted by molar-refractivity contribution is 7.89. The van der Waals surface area contributed by atoms with Crippen molar-refractivity contribution in [1.29, 1.82) is 0 Å². The molecule has 2 aromatic rings. The zero-order valence-electron chi connectivity index (χ0n) is 13.6. The normalized spacial score (nSPS) is 11.6. The van der Waals surface area contributed by atoms with Crippen molar-refractivity contribution < 1.29 is 22.3 Å². The van der Waals surface area contributed by atoms with E-state index < -0.39 is 21.8 Å². The quantitative estimate of drug-likeness (QED) is 0.772. The Hall–Kier alpha value is -1.96. The second kappa shape index (κ2) is 7.95. The maximum absolute atomic E-state index is 13.6. The minimum absolute atomic E-state index is 0.0369. The molecule has 25 heavy (non-hydrogen) atoms. The summed E-state index contributed by atoms with van der Waals surface area (Å²) < 4.78 is 45.2. The van der Waals surface area contributed by atoms with Gasteiger partial charge in [-0.2, -0.15) is 0 Å². The summed E-state index contributed by atoms with van der Waals surface area (Å²) in [6.45, 7) is 3.09. The van der Waals surface area contributed by atoms with Gasteiger partial charge in [-0.25, -0.2) is 22.3 Å². The summed E-state index contributed by atoms with van der Waals surface area (Å²) in [5.41, 5.74) is 0.230. The van der Waals surface area contributed by atoms with Gasteiger partial charge in [0.1, 0.15) is 12.4 Å². The number of benzene rings is 2. The first-order valence-electron chi connectivity index (χ1n) is 7.43. The molecule has 1 N–H and O–H groups in total. The molecule has 134 valence electrons. The van der Waals surface area contributed by atoms with Gasteiger partial charge < -0.3 is 4.74 Å². The van der Waals surface area contributed by atoms with E-state index in [0.29, 0.717) is 0 Å². The summed E-state index contributed by atoms with van der Waals surface area (Å²) >= 11 is 5.87. The zero-order valence-corrected chi connectivity index (χ0v) is 15.2. The lowest BCUT2D eigenvalue weighted by molar-refractivity contribution is 0.0469. The SMILES string of the molecule is CC(C)NS(=O)(=O)c1ccc(C(=O)OCc2c(F)cccc2Cl)cc1. The fraction of sp³-hybridized carbons (Fsp3) is 0.235. The highest BCUT2D eigenvalue weighted by Crippen LogP contribution is 2.20. The average molecular weight is 386 g/mol.